The third-order valence-electron chi connectivity index (χ3n) is 10.5. The zero-order chi connectivity index (χ0) is 39.4. The Morgan fingerprint density at radius 1 is 0.518 bits per heavy atom. The van der Waals surface area contributed by atoms with Crippen LogP contribution in [-0.2, 0) is 37.3 Å². The van der Waals surface area contributed by atoms with Gasteiger partial charge in [-0.25, -0.2) is 0 Å². The molecule has 0 amide bonds. The van der Waals surface area contributed by atoms with Crippen molar-refractivity contribution in [1.82, 2.24) is 0 Å². The van der Waals surface area contributed by atoms with Gasteiger partial charge in [-0.05, 0) is 115 Å². The van der Waals surface area contributed by atoms with E-state index in [4.69, 9.17) is 9.47 Å². The minimum atomic E-state index is -0.481. The van der Waals surface area contributed by atoms with Gasteiger partial charge in [-0.2, -0.15) is 0 Å². The molecule has 1 aliphatic rings. The summed E-state index contributed by atoms with van der Waals surface area (Å²) in [5.41, 5.74) is 13.7. The molecule has 1 aliphatic carbocycles. The zero-order valence-corrected chi connectivity index (χ0v) is 32.6. The van der Waals surface area contributed by atoms with E-state index in [2.05, 4.69) is 125 Å². The van der Waals surface area contributed by atoms with Crippen molar-refractivity contribution in [3.63, 3.8) is 0 Å². The molecule has 5 heteroatoms. The first kappa shape index (κ1) is 38.0. The molecule has 0 N–H and O–H groups in total. The average Bonchev–Trinajstić information content (AvgIpc) is 3.80. The topological polar surface area (TPSA) is 52.6 Å². The van der Waals surface area contributed by atoms with E-state index in [-0.39, 0.29) is 30.2 Å². The molecule has 56 heavy (non-hydrogen) atoms. The minimum Gasteiger partial charge on any atom is -0.454 e. The largest absolute Gasteiger partial charge is 0.454 e. The van der Waals surface area contributed by atoms with Crippen molar-refractivity contribution in [3.05, 3.63) is 194 Å². The monoisotopic (exact) mass is 752 g/mol. The highest BCUT2D eigenvalue weighted by Crippen LogP contribution is 2.51. The van der Waals surface area contributed by atoms with Gasteiger partial charge in [0.25, 0.3) is 0 Å². The van der Waals surface area contributed by atoms with Gasteiger partial charge in [0, 0.05) is 15.2 Å². The first-order valence-corrected chi connectivity index (χ1v) is 19.5. The van der Waals surface area contributed by atoms with Crippen LogP contribution in [0.4, 0.5) is 0 Å². The lowest BCUT2D eigenvalue weighted by Crippen LogP contribution is -2.15. The fourth-order valence-electron chi connectivity index (χ4n) is 7.28. The fraction of sp³-hybridized carbons (Fsp3) is 0.137. The van der Waals surface area contributed by atoms with Crippen LogP contribution in [0.25, 0.3) is 54.3 Å². The number of carbonyl (C=O) groups excluding carboxylic acids is 2. The van der Waals surface area contributed by atoms with E-state index in [1.807, 2.05) is 36.4 Å². The fourth-order valence-corrected chi connectivity index (χ4v) is 8.29. The maximum absolute atomic E-state index is 12.3. The van der Waals surface area contributed by atoms with Gasteiger partial charge < -0.3 is 9.47 Å². The lowest BCUT2D eigenvalue weighted by Gasteiger charge is -2.22. The molecule has 0 aliphatic heterocycles. The quantitative estimate of drug-likeness (QED) is 0.0821. The molecule has 0 atom stereocenters. The summed E-state index contributed by atoms with van der Waals surface area (Å²) in [6, 6.07) is 42.9. The van der Waals surface area contributed by atoms with Gasteiger partial charge >= 0.3 is 11.9 Å². The molecule has 5 aromatic carbocycles. The first-order chi connectivity index (χ1) is 27.1. The second kappa shape index (κ2) is 16.2. The number of benzene rings is 5. The summed E-state index contributed by atoms with van der Waals surface area (Å²) in [6.07, 6.45) is 5.64. The maximum Gasteiger partial charge on any atom is 0.311 e. The Morgan fingerprint density at radius 3 is 1.34 bits per heavy atom. The van der Waals surface area contributed by atoms with E-state index in [1.54, 1.807) is 35.6 Å². The van der Waals surface area contributed by atoms with E-state index in [0.717, 1.165) is 33.4 Å². The van der Waals surface area contributed by atoms with Crippen LogP contribution in [0.5, 0.6) is 0 Å². The summed E-state index contributed by atoms with van der Waals surface area (Å²) in [7, 11) is 0. The van der Waals surface area contributed by atoms with Crippen LogP contribution < -0.4 is 0 Å². The summed E-state index contributed by atoms with van der Waals surface area (Å²) in [6.45, 7) is 19.3. The number of fused-ring (bicyclic) bond motifs is 3. The number of thiophene rings is 1. The Kier molecular flexibility index (Phi) is 11.0. The maximum atomic E-state index is 12.3. The number of carbonyl (C=O) groups is 2. The SMILES string of the molecule is C=CC(C=C)OC(=O)Cc1ccc(-c2ccc(-c3ccc4c(c3)C(C)(C)c3cc(-c5ccc(-c6ccc(CC(=O)OC(C=C)C=C)cc6)s5)ccc3-4)cc2)cc1. The Hall–Kier alpha value is -6.30. The standard InChI is InChI=1S/C51H44O4S/c1-7-41(8-2)54-49(52)29-33-11-15-35(16-12-33)36-19-21-37(22-20-36)39-23-25-43-44-26-24-40(32-46(44)51(5,6)45(43)31-39)48-28-27-47(56-48)38-17-13-34(14-18-38)30-50(53)55-42(9-3)10-4/h7-28,31-32,41-42H,1-4,29-30H2,5-6H3. The third kappa shape index (κ3) is 7.91. The normalized spacial score (nSPS) is 12.4. The highest BCUT2D eigenvalue weighted by molar-refractivity contribution is 7.18. The lowest BCUT2D eigenvalue weighted by molar-refractivity contribution is -0.145. The number of esters is 2. The van der Waals surface area contributed by atoms with Crippen LogP contribution in [-0.4, -0.2) is 24.1 Å². The summed E-state index contributed by atoms with van der Waals surface area (Å²) < 4.78 is 10.7. The molecule has 4 nitrogen and oxygen atoms in total. The van der Waals surface area contributed by atoms with Gasteiger partial charge in [0.05, 0.1) is 12.8 Å². The number of hydrogen-bond acceptors (Lipinski definition) is 5. The number of rotatable bonds is 14. The third-order valence-corrected chi connectivity index (χ3v) is 11.7. The predicted octanol–water partition coefficient (Wildman–Crippen LogP) is 12.4. The van der Waals surface area contributed by atoms with Crippen LogP contribution in [0.15, 0.2) is 172 Å². The van der Waals surface area contributed by atoms with E-state index < -0.39 is 12.2 Å². The molecular weight excluding hydrogens is 709 g/mol. The summed E-state index contributed by atoms with van der Waals surface area (Å²) in [5, 5.41) is 0. The van der Waals surface area contributed by atoms with E-state index in [9.17, 15) is 9.59 Å². The molecule has 0 unspecified atom stereocenters. The van der Waals surface area contributed by atoms with Crippen molar-refractivity contribution < 1.29 is 19.1 Å². The average molecular weight is 753 g/mol. The van der Waals surface area contributed by atoms with Crippen LogP contribution in [0, 0.1) is 0 Å². The first-order valence-electron chi connectivity index (χ1n) is 18.7. The molecule has 278 valence electrons. The van der Waals surface area contributed by atoms with Crippen molar-refractivity contribution in [3.8, 4) is 54.3 Å². The van der Waals surface area contributed by atoms with Crippen LogP contribution in [0.3, 0.4) is 0 Å². The molecular formula is C51H44O4S. The number of ether oxygens (including phenoxy) is 2. The zero-order valence-electron chi connectivity index (χ0n) is 31.8. The van der Waals surface area contributed by atoms with Gasteiger partial charge in [-0.15, -0.1) is 11.3 Å². The molecule has 7 rings (SSSR count). The smallest absolute Gasteiger partial charge is 0.311 e. The highest BCUT2D eigenvalue weighted by Gasteiger charge is 2.36. The van der Waals surface area contributed by atoms with Crippen molar-refractivity contribution in [2.24, 2.45) is 0 Å². The lowest BCUT2D eigenvalue weighted by atomic mass is 9.81. The molecule has 1 aromatic heterocycles. The molecule has 0 fully saturated rings. The Labute approximate surface area is 333 Å². The minimum absolute atomic E-state index is 0.169. The van der Waals surface area contributed by atoms with Crippen molar-refractivity contribution in [2.75, 3.05) is 0 Å². The van der Waals surface area contributed by atoms with Crippen LogP contribution in [0.2, 0.25) is 0 Å². The molecule has 0 saturated carbocycles. The van der Waals surface area contributed by atoms with Crippen molar-refractivity contribution in [1.29, 1.82) is 0 Å². The molecule has 1 heterocycles. The predicted molar refractivity (Wildman–Crippen MR) is 232 cm³/mol. The van der Waals surface area contributed by atoms with E-state index in [0.29, 0.717) is 0 Å². The molecule has 0 radical (unpaired) electrons. The van der Waals surface area contributed by atoms with E-state index in [1.165, 1.54) is 43.1 Å². The Morgan fingerprint density at radius 2 is 0.875 bits per heavy atom. The molecule has 0 spiro atoms. The van der Waals surface area contributed by atoms with Gasteiger partial charge in [0.15, 0.2) is 0 Å². The summed E-state index contributed by atoms with van der Waals surface area (Å²) >= 11 is 1.77. The second-order valence-electron chi connectivity index (χ2n) is 14.5. The van der Waals surface area contributed by atoms with Gasteiger partial charge in [0.1, 0.15) is 12.2 Å². The van der Waals surface area contributed by atoms with E-state index >= 15 is 0 Å². The Balaban J connectivity index is 1.04. The van der Waals surface area contributed by atoms with Gasteiger partial charge in [-0.1, -0.05) is 137 Å². The van der Waals surface area contributed by atoms with Gasteiger partial charge in [0.2, 0.25) is 0 Å². The van der Waals surface area contributed by atoms with Crippen molar-refractivity contribution in [2.45, 2.75) is 44.3 Å². The summed E-state index contributed by atoms with van der Waals surface area (Å²) in [4.78, 5) is 27.0. The second-order valence-corrected chi connectivity index (χ2v) is 15.6. The highest BCUT2D eigenvalue weighted by atomic mass is 32.1. The summed E-state index contributed by atoms with van der Waals surface area (Å²) in [5.74, 6) is -0.618. The van der Waals surface area contributed by atoms with Gasteiger partial charge in [-0.3, -0.25) is 9.59 Å². The Bertz CT molecular complexity index is 2430. The van der Waals surface area contributed by atoms with Crippen molar-refractivity contribution >= 4 is 23.3 Å². The van der Waals surface area contributed by atoms with Crippen LogP contribution >= 0.6 is 11.3 Å². The molecule has 0 saturated heterocycles. The molecule has 0 bridgehead atoms. The molecule has 6 aromatic rings. The number of hydrogen-bond donors (Lipinski definition) is 0. The van der Waals surface area contributed by atoms with Crippen LogP contribution in [0.1, 0.15) is 36.1 Å².